The largest absolute Gasteiger partial charge is 0.291 e. The van der Waals surface area contributed by atoms with Crippen molar-refractivity contribution in [1.82, 2.24) is 9.88 Å². The van der Waals surface area contributed by atoms with Crippen molar-refractivity contribution in [2.75, 3.05) is 13.1 Å². The van der Waals surface area contributed by atoms with Gasteiger partial charge in [-0.15, -0.1) is 0 Å². The fourth-order valence-corrected chi connectivity index (χ4v) is 2.84. The number of aromatic nitrogens is 1. The molecular formula is C18H20N2. The summed E-state index contributed by atoms with van der Waals surface area (Å²) in [5.74, 6) is 0. The number of pyridine rings is 1. The second-order valence-corrected chi connectivity index (χ2v) is 5.22. The van der Waals surface area contributed by atoms with Crippen molar-refractivity contribution in [1.29, 1.82) is 0 Å². The summed E-state index contributed by atoms with van der Waals surface area (Å²) in [5.41, 5.74) is 2.47. The number of hydrogen-bond donors (Lipinski definition) is 0. The number of likely N-dealkylation sites (tertiary alicyclic amines) is 1. The van der Waals surface area contributed by atoms with Gasteiger partial charge in [-0.2, -0.15) is 0 Å². The Bertz CT molecular complexity index is 548. The van der Waals surface area contributed by atoms with E-state index < -0.39 is 0 Å². The van der Waals surface area contributed by atoms with Gasteiger partial charge < -0.3 is 0 Å². The van der Waals surface area contributed by atoms with E-state index in [1.807, 2.05) is 12.3 Å². The third-order valence-corrected chi connectivity index (χ3v) is 3.84. The molecule has 2 heterocycles. The molecule has 1 atom stereocenters. The first-order valence-corrected chi connectivity index (χ1v) is 7.30. The number of rotatable bonds is 4. The molecule has 2 aromatic rings. The zero-order valence-corrected chi connectivity index (χ0v) is 11.7. The smallest absolute Gasteiger partial charge is 0.0575 e. The Hall–Kier alpha value is -1.93. The molecule has 1 aliphatic heterocycles. The average molecular weight is 264 g/mol. The van der Waals surface area contributed by atoms with Gasteiger partial charge in [-0.25, -0.2) is 0 Å². The van der Waals surface area contributed by atoms with Crippen LogP contribution in [0.2, 0.25) is 0 Å². The lowest BCUT2D eigenvalue weighted by Gasteiger charge is -2.22. The lowest BCUT2D eigenvalue weighted by molar-refractivity contribution is 0.281. The van der Waals surface area contributed by atoms with Gasteiger partial charge >= 0.3 is 0 Å². The fraction of sp³-hybridized carbons (Fsp3) is 0.278. The van der Waals surface area contributed by atoms with Crippen molar-refractivity contribution in [3.8, 4) is 0 Å². The highest BCUT2D eigenvalue weighted by Crippen LogP contribution is 2.30. The molecule has 2 nitrogen and oxygen atoms in total. The Morgan fingerprint density at radius 1 is 1.10 bits per heavy atom. The molecule has 2 heteroatoms. The Morgan fingerprint density at radius 2 is 1.95 bits per heavy atom. The minimum Gasteiger partial charge on any atom is -0.291 e. The van der Waals surface area contributed by atoms with Crippen LogP contribution in [0.3, 0.4) is 0 Å². The van der Waals surface area contributed by atoms with Crippen LogP contribution in [-0.4, -0.2) is 23.0 Å². The van der Waals surface area contributed by atoms with E-state index in [2.05, 4.69) is 64.5 Å². The molecule has 0 aliphatic carbocycles. The maximum absolute atomic E-state index is 4.51. The van der Waals surface area contributed by atoms with E-state index in [1.54, 1.807) is 0 Å². The Balaban J connectivity index is 1.64. The second kappa shape index (κ2) is 6.49. The second-order valence-electron chi connectivity index (χ2n) is 5.22. The van der Waals surface area contributed by atoms with Crippen LogP contribution in [0.5, 0.6) is 0 Å². The number of benzene rings is 1. The highest BCUT2D eigenvalue weighted by molar-refractivity contribution is 5.48. The van der Waals surface area contributed by atoms with Gasteiger partial charge in [-0.3, -0.25) is 9.88 Å². The molecule has 0 bridgehead atoms. The molecule has 1 unspecified atom stereocenters. The van der Waals surface area contributed by atoms with Crippen LogP contribution in [0, 0.1) is 0 Å². The van der Waals surface area contributed by atoms with Gasteiger partial charge in [0.1, 0.15) is 0 Å². The first-order valence-electron chi connectivity index (χ1n) is 7.30. The van der Waals surface area contributed by atoms with Crippen LogP contribution < -0.4 is 0 Å². The highest BCUT2D eigenvalue weighted by atomic mass is 15.2. The van der Waals surface area contributed by atoms with Gasteiger partial charge in [-0.1, -0.05) is 48.6 Å². The molecule has 0 radical (unpaired) electrons. The molecule has 3 rings (SSSR count). The van der Waals surface area contributed by atoms with Crippen LogP contribution in [-0.2, 0) is 0 Å². The first-order chi connectivity index (χ1) is 9.93. The van der Waals surface area contributed by atoms with E-state index in [0.29, 0.717) is 6.04 Å². The van der Waals surface area contributed by atoms with E-state index in [-0.39, 0.29) is 0 Å². The monoisotopic (exact) mass is 264 g/mol. The summed E-state index contributed by atoms with van der Waals surface area (Å²) >= 11 is 0. The summed E-state index contributed by atoms with van der Waals surface area (Å²) in [6.07, 6.45) is 8.84. The normalized spacial score (nSPS) is 19.7. The van der Waals surface area contributed by atoms with Crippen molar-refractivity contribution in [3.05, 3.63) is 72.1 Å². The Kier molecular flexibility index (Phi) is 4.24. The SMILES string of the molecule is C(=C\c1ccccc1)/CN1CCCC1c1ccccn1. The van der Waals surface area contributed by atoms with E-state index in [0.717, 1.165) is 6.54 Å². The summed E-state index contributed by atoms with van der Waals surface area (Å²) in [5, 5.41) is 0. The lowest BCUT2D eigenvalue weighted by atomic mass is 10.1. The summed E-state index contributed by atoms with van der Waals surface area (Å²) in [4.78, 5) is 7.03. The average Bonchev–Trinajstić information content (AvgIpc) is 2.98. The maximum Gasteiger partial charge on any atom is 0.0575 e. The van der Waals surface area contributed by atoms with Crippen LogP contribution >= 0.6 is 0 Å². The molecule has 1 saturated heterocycles. The third kappa shape index (κ3) is 3.14. The third-order valence-electron chi connectivity index (χ3n) is 3.84. The Labute approximate surface area is 120 Å². The molecular weight excluding hydrogens is 244 g/mol. The van der Waals surface area contributed by atoms with Crippen molar-refractivity contribution in [2.45, 2.75) is 18.9 Å². The van der Waals surface area contributed by atoms with E-state index in [4.69, 9.17) is 0 Å². The number of nitrogens with zero attached hydrogens (tertiary/aromatic N) is 2. The fourth-order valence-electron chi connectivity index (χ4n) is 2.84. The minimum atomic E-state index is 0.483. The molecule has 1 aromatic heterocycles. The molecule has 0 spiro atoms. The van der Waals surface area contributed by atoms with Gasteiger partial charge in [0.2, 0.25) is 0 Å². The molecule has 102 valence electrons. The summed E-state index contributed by atoms with van der Waals surface area (Å²) < 4.78 is 0. The van der Waals surface area contributed by atoms with Gasteiger partial charge in [-0.05, 0) is 37.1 Å². The van der Waals surface area contributed by atoms with Gasteiger partial charge in [0, 0.05) is 12.7 Å². The van der Waals surface area contributed by atoms with Crippen LogP contribution in [0.4, 0.5) is 0 Å². The standard InChI is InChI=1S/C18H20N2/c1-2-8-16(9-3-1)10-6-14-20-15-7-12-18(20)17-11-4-5-13-19-17/h1-6,8-11,13,18H,7,12,14-15H2/b10-6+. The van der Waals surface area contributed by atoms with Crippen LogP contribution in [0.15, 0.2) is 60.8 Å². The zero-order chi connectivity index (χ0) is 13.6. The minimum absolute atomic E-state index is 0.483. The van der Waals surface area contributed by atoms with E-state index in [9.17, 15) is 0 Å². The topological polar surface area (TPSA) is 16.1 Å². The zero-order valence-electron chi connectivity index (χ0n) is 11.7. The van der Waals surface area contributed by atoms with E-state index >= 15 is 0 Å². The molecule has 0 saturated carbocycles. The predicted octanol–water partition coefficient (Wildman–Crippen LogP) is 3.93. The van der Waals surface area contributed by atoms with Crippen LogP contribution in [0.25, 0.3) is 6.08 Å². The van der Waals surface area contributed by atoms with Crippen molar-refractivity contribution in [2.24, 2.45) is 0 Å². The molecule has 0 amide bonds. The molecule has 20 heavy (non-hydrogen) atoms. The van der Waals surface area contributed by atoms with E-state index in [1.165, 1.54) is 30.6 Å². The molecule has 1 aromatic carbocycles. The Morgan fingerprint density at radius 3 is 2.75 bits per heavy atom. The highest BCUT2D eigenvalue weighted by Gasteiger charge is 2.25. The molecule has 1 fully saturated rings. The van der Waals surface area contributed by atoms with Crippen molar-refractivity contribution < 1.29 is 0 Å². The summed E-state index contributed by atoms with van der Waals surface area (Å²) in [6.45, 7) is 2.16. The predicted molar refractivity (Wildman–Crippen MR) is 83.3 cm³/mol. The molecule has 1 aliphatic rings. The lowest BCUT2D eigenvalue weighted by Crippen LogP contribution is -2.23. The van der Waals surface area contributed by atoms with Gasteiger partial charge in [0.25, 0.3) is 0 Å². The van der Waals surface area contributed by atoms with Crippen molar-refractivity contribution in [3.63, 3.8) is 0 Å². The summed E-state index contributed by atoms with van der Waals surface area (Å²) in [7, 11) is 0. The van der Waals surface area contributed by atoms with Gasteiger partial charge in [0.15, 0.2) is 0 Å². The molecule has 0 N–H and O–H groups in total. The van der Waals surface area contributed by atoms with Gasteiger partial charge in [0.05, 0.1) is 11.7 Å². The quantitative estimate of drug-likeness (QED) is 0.831. The number of hydrogen-bond acceptors (Lipinski definition) is 2. The van der Waals surface area contributed by atoms with Crippen LogP contribution in [0.1, 0.15) is 30.1 Å². The summed E-state index contributed by atoms with van der Waals surface area (Å²) in [6, 6.07) is 17.2. The maximum atomic E-state index is 4.51. The van der Waals surface area contributed by atoms with Crippen molar-refractivity contribution >= 4 is 6.08 Å². The first kappa shape index (κ1) is 13.1.